The molecule has 37 heavy (non-hydrogen) atoms. The number of nitrogens with zero attached hydrogens (tertiary/aromatic N) is 3. The number of carbonyl (C=O) groups is 1. The molecule has 0 aliphatic rings. The van der Waals surface area contributed by atoms with E-state index in [1.807, 2.05) is 13.8 Å². The van der Waals surface area contributed by atoms with Crippen molar-refractivity contribution < 1.29 is 35.0 Å². The molecule has 198 valence electrons. The SMILES string of the molecule is CC(C)CC[C@H](OS(=O)(=O)c1ccc(F)cc1)C(=O)NCc1cc(-c2ccc(C(F)(F)F)nc2)ncn1. The van der Waals surface area contributed by atoms with Crippen LogP contribution in [0.5, 0.6) is 0 Å². The van der Waals surface area contributed by atoms with Gasteiger partial charge in [0.15, 0.2) is 6.10 Å². The van der Waals surface area contributed by atoms with Gasteiger partial charge in [-0.3, -0.25) is 14.0 Å². The van der Waals surface area contributed by atoms with Gasteiger partial charge in [-0.15, -0.1) is 0 Å². The van der Waals surface area contributed by atoms with Crippen LogP contribution in [-0.4, -0.2) is 35.4 Å². The molecule has 2 heterocycles. The Hall–Kier alpha value is -3.45. The Balaban J connectivity index is 1.71. The fourth-order valence-electron chi connectivity index (χ4n) is 3.17. The predicted molar refractivity (Wildman–Crippen MR) is 125 cm³/mol. The third kappa shape index (κ3) is 8.02. The Labute approximate surface area is 211 Å². The monoisotopic (exact) mass is 540 g/mol. The van der Waals surface area contributed by atoms with Gasteiger partial charge in [0.25, 0.3) is 16.0 Å². The summed E-state index contributed by atoms with van der Waals surface area (Å²) in [5, 5.41) is 2.57. The molecule has 0 aliphatic carbocycles. The van der Waals surface area contributed by atoms with Crippen LogP contribution in [-0.2, 0) is 31.8 Å². The highest BCUT2D eigenvalue weighted by atomic mass is 32.2. The molecule has 0 unspecified atom stereocenters. The van der Waals surface area contributed by atoms with Gasteiger partial charge in [-0.05, 0) is 61.2 Å². The van der Waals surface area contributed by atoms with Crippen molar-refractivity contribution >= 4 is 16.0 Å². The minimum Gasteiger partial charge on any atom is -0.348 e. The van der Waals surface area contributed by atoms with Crippen molar-refractivity contribution in [3.05, 3.63) is 72.2 Å². The van der Waals surface area contributed by atoms with E-state index in [0.29, 0.717) is 17.7 Å². The predicted octanol–water partition coefficient (Wildman–Crippen LogP) is 4.52. The van der Waals surface area contributed by atoms with Crippen LogP contribution >= 0.6 is 0 Å². The first kappa shape index (κ1) is 28.1. The first-order valence-electron chi connectivity index (χ1n) is 11.2. The van der Waals surface area contributed by atoms with E-state index in [-0.39, 0.29) is 29.5 Å². The van der Waals surface area contributed by atoms with Crippen molar-refractivity contribution in [3.8, 4) is 11.3 Å². The minimum atomic E-state index is -4.57. The van der Waals surface area contributed by atoms with Crippen LogP contribution in [0.4, 0.5) is 17.6 Å². The lowest BCUT2D eigenvalue weighted by Crippen LogP contribution is -2.38. The van der Waals surface area contributed by atoms with Crippen molar-refractivity contribution in [3.63, 3.8) is 0 Å². The summed E-state index contributed by atoms with van der Waals surface area (Å²) in [6.45, 7) is 3.68. The molecule has 1 amide bonds. The highest BCUT2D eigenvalue weighted by molar-refractivity contribution is 7.86. The second-order valence-electron chi connectivity index (χ2n) is 8.51. The van der Waals surface area contributed by atoms with Gasteiger partial charge in [0.05, 0.1) is 22.8 Å². The lowest BCUT2D eigenvalue weighted by atomic mass is 10.0. The molecule has 1 aromatic carbocycles. The lowest BCUT2D eigenvalue weighted by molar-refractivity contribution is -0.141. The molecule has 13 heteroatoms. The van der Waals surface area contributed by atoms with Crippen molar-refractivity contribution in [2.75, 3.05) is 0 Å². The number of halogens is 4. The summed E-state index contributed by atoms with van der Waals surface area (Å²) in [5.41, 5.74) is -0.124. The maximum Gasteiger partial charge on any atom is 0.433 e. The number of rotatable bonds is 10. The quantitative estimate of drug-likeness (QED) is 0.297. The maximum atomic E-state index is 13.2. The Bertz CT molecular complexity index is 1320. The van der Waals surface area contributed by atoms with Gasteiger partial charge >= 0.3 is 6.18 Å². The van der Waals surface area contributed by atoms with E-state index >= 15 is 0 Å². The topological polar surface area (TPSA) is 111 Å². The summed E-state index contributed by atoms with van der Waals surface area (Å²) >= 11 is 0. The summed E-state index contributed by atoms with van der Waals surface area (Å²) < 4.78 is 81.9. The number of pyridine rings is 1. The number of alkyl halides is 3. The summed E-state index contributed by atoms with van der Waals surface area (Å²) in [4.78, 5) is 24.0. The lowest BCUT2D eigenvalue weighted by Gasteiger charge is -2.18. The molecular weight excluding hydrogens is 516 g/mol. The fourth-order valence-corrected chi connectivity index (χ4v) is 4.24. The van der Waals surface area contributed by atoms with Crippen molar-refractivity contribution in [2.45, 2.75) is 50.4 Å². The van der Waals surface area contributed by atoms with Gasteiger partial charge < -0.3 is 5.32 Å². The zero-order valence-electron chi connectivity index (χ0n) is 19.9. The van der Waals surface area contributed by atoms with Crippen molar-refractivity contribution in [1.29, 1.82) is 0 Å². The minimum absolute atomic E-state index is 0.107. The summed E-state index contributed by atoms with van der Waals surface area (Å²) in [6.07, 6.45) is -3.11. The average Bonchev–Trinajstić information content (AvgIpc) is 2.85. The second-order valence-corrected chi connectivity index (χ2v) is 10.1. The number of hydrogen-bond acceptors (Lipinski definition) is 7. The molecule has 3 rings (SSSR count). The fraction of sp³-hybridized carbons (Fsp3) is 0.333. The van der Waals surface area contributed by atoms with Crippen LogP contribution in [0.15, 0.2) is 59.9 Å². The van der Waals surface area contributed by atoms with Gasteiger partial charge in [-0.25, -0.2) is 14.4 Å². The Kier molecular flexibility index (Phi) is 8.92. The summed E-state index contributed by atoms with van der Waals surface area (Å²) in [5.74, 6) is -1.17. The van der Waals surface area contributed by atoms with Crippen LogP contribution in [0.1, 0.15) is 38.1 Å². The maximum absolute atomic E-state index is 13.2. The number of nitrogens with one attached hydrogen (secondary N) is 1. The molecule has 0 fully saturated rings. The number of hydrogen-bond donors (Lipinski definition) is 1. The van der Waals surface area contributed by atoms with E-state index in [1.54, 1.807) is 0 Å². The van der Waals surface area contributed by atoms with Gasteiger partial charge in [0, 0.05) is 11.8 Å². The van der Waals surface area contributed by atoms with E-state index in [4.69, 9.17) is 4.18 Å². The van der Waals surface area contributed by atoms with Gasteiger partial charge in [-0.2, -0.15) is 21.6 Å². The zero-order chi connectivity index (χ0) is 27.2. The van der Waals surface area contributed by atoms with E-state index in [0.717, 1.165) is 36.5 Å². The third-order valence-corrected chi connectivity index (χ3v) is 6.50. The van der Waals surface area contributed by atoms with Crippen molar-refractivity contribution in [1.82, 2.24) is 20.3 Å². The van der Waals surface area contributed by atoms with E-state index in [2.05, 4.69) is 20.3 Å². The molecule has 0 bridgehead atoms. The number of aromatic nitrogens is 3. The second kappa shape index (κ2) is 11.7. The van der Waals surface area contributed by atoms with Crippen LogP contribution in [0.3, 0.4) is 0 Å². The molecule has 0 spiro atoms. The standard InChI is InChI=1S/C24H24F4N4O4S/c1-15(2)3-9-21(36-37(34,35)19-7-5-17(25)6-8-19)23(33)30-13-18-11-20(32-14-31-18)16-4-10-22(29-12-16)24(26,27)28/h4-8,10-12,14-15,21H,3,9,13H2,1-2H3,(H,30,33)/t21-/m0/s1. The van der Waals surface area contributed by atoms with Gasteiger partial charge in [-0.1, -0.05) is 13.8 Å². The summed E-state index contributed by atoms with van der Waals surface area (Å²) in [7, 11) is -4.35. The molecule has 0 saturated carbocycles. The van der Waals surface area contributed by atoms with E-state index in [1.165, 1.54) is 18.5 Å². The molecule has 0 aliphatic heterocycles. The first-order valence-corrected chi connectivity index (χ1v) is 12.6. The summed E-state index contributed by atoms with van der Waals surface area (Å²) in [6, 6.07) is 7.54. The van der Waals surface area contributed by atoms with Crippen LogP contribution in [0, 0.1) is 11.7 Å². The van der Waals surface area contributed by atoms with Gasteiger partial charge in [0.1, 0.15) is 17.8 Å². The van der Waals surface area contributed by atoms with Crippen molar-refractivity contribution in [2.24, 2.45) is 5.92 Å². The van der Waals surface area contributed by atoms with Crippen LogP contribution in [0.25, 0.3) is 11.3 Å². The largest absolute Gasteiger partial charge is 0.433 e. The van der Waals surface area contributed by atoms with E-state index in [9.17, 15) is 30.8 Å². The zero-order valence-corrected chi connectivity index (χ0v) is 20.7. The molecule has 3 aromatic rings. The molecule has 8 nitrogen and oxygen atoms in total. The molecular formula is C24H24F4N4O4S. The number of benzene rings is 1. The molecule has 1 atom stereocenters. The molecule has 1 N–H and O–H groups in total. The Morgan fingerprint density at radius 2 is 1.73 bits per heavy atom. The molecule has 0 radical (unpaired) electrons. The van der Waals surface area contributed by atoms with Gasteiger partial charge in [0.2, 0.25) is 0 Å². The highest BCUT2D eigenvalue weighted by Crippen LogP contribution is 2.28. The number of carbonyl (C=O) groups excluding carboxylic acids is 1. The van der Waals surface area contributed by atoms with E-state index < -0.39 is 39.8 Å². The third-order valence-electron chi connectivity index (χ3n) is 5.16. The number of amides is 1. The van der Waals surface area contributed by atoms with Crippen LogP contribution < -0.4 is 5.32 Å². The molecule has 2 aromatic heterocycles. The first-order chi connectivity index (χ1) is 17.3. The molecule has 0 saturated heterocycles. The smallest absolute Gasteiger partial charge is 0.348 e. The van der Waals surface area contributed by atoms with Crippen LogP contribution in [0.2, 0.25) is 0 Å². The Morgan fingerprint density at radius 1 is 1.03 bits per heavy atom. The normalized spacial score (nSPS) is 12.9. The Morgan fingerprint density at radius 3 is 2.32 bits per heavy atom. The average molecular weight is 541 g/mol. The highest BCUT2D eigenvalue weighted by Gasteiger charge is 2.32.